The topological polar surface area (TPSA) is 87.3 Å². The Morgan fingerprint density at radius 1 is 1.03 bits per heavy atom. The summed E-state index contributed by atoms with van der Waals surface area (Å²) in [7, 11) is 0. The minimum atomic E-state index is -0.770. The number of amides is 1. The van der Waals surface area contributed by atoms with Gasteiger partial charge in [-0.05, 0) is 42.7 Å². The molecule has 0 bridgehead atoms. The van der Waals surface area contributed by atoms with E-state index in [0.717, 1.165) is 30.2 Å². The standard InChI is InChI=1S/C23H24N4O3/c28-22(18-6-2-1-3-7-18)30-23(29)24-13-12-21-25-16-20(26-21)17-8-10-19(11-9-17)27-14-4-5-15-27/h1-3,6-11,16H,4-5,12-15H2,(H,24,29)(H,25,26). The van der Waals surface area contributed by atoms with E-state index in [1.807, 2.05) is 0 Å². The lowest BCUT2D eigenvalue weighted by Gasteiger charge is -2.17. The molecule has 0 spiro atoms. The number of rotatable bonds is 6. The first-order valence-corrected chi connectivity index (χ1v) is 10.1. The molecule has 0 aliphatic carbocycles. The molecule has 30 heavy (non-hydrogen) atoms. The number of anilines is 1. The van der Waals surface area contributed by atoms with E-state index in [0.29, 0.717) is 18.5 Å². The Bertz CT molecular complexity index is 993. The number of imidazole rings is 1. The largest absolute Gasteiger partial charge is 0.415 e. The van der Waals surface area contributed by atoms with Crippen LogP contribution >= 0.6 is 0 Å². The van der Waals surface area contributed by atoms with Crippen molar-refractivity contribution < 1.29 is 14.3 Å². The molecular formula is C23H24N4O3. The van der Waals surface area contributed by atoms with Gasteiger partial charge in [0.15, 0.2) is 0 Å². The third-order valence-electron chi connectivity index (χ3n) is 5.10. The quantitative estimate of drug-likeness (QED) is 0.482. The van der Waals surface area contributed by atoms with Gasteiger partial charge in [0.1, 0.15) is 5.82 Å². The van der Waals surface area contributed by atoms with Crippen molar-refractivity contribution in [3.05, 3.63) is 72.2 Å². The van der Waals surface area contributed by atoms with Crippen molar-refractivity contribution in [2.75, 3.05) is 24.5 Å². The van der Waals surface area contributed by atoms with Crippen molar-refractivity contribution in [1.82, 2.24) is 15.3 Å². The summed E-state index contributed by atoms with van der Waals surface area (Å²) in [4.78, 5) is 33.7. The number of aromatic amines is 1. The number of carbonyl (C=O) groups excluding carboxylic acids is 2. The number of ether oxygens (including phenoxy) is 1. The Labute approximate surface area is 175 Å². The van der Waals surface area contributed by atoms with E-state index in [1.165, 1.54) is 18.5 Å². The SMILES string of the molecule is O=C(NCCc1ncc(-c2ccc(N3CCCC3)cc2)[nH]1)OC(=O)c1ccccc1. The maximum Gasteiger partial charge on any atom is 0.415 e. The number of alkyl carbamates (subject to hydrolysis) is 1. The van der Waals surface area contributed by atoms with E-state index in [2.05, 4.69) is 44.5 Å². The molecule has 2 heterocycles. The molecule has 0 unspecified atom stereocenters. The third-order valence-corrected chi connectivity index (χ3v) is 5.10. The number of benzene rings is 2. The predicted octanol–water partition coefficient (Wildman–Crippen LogP) is 3.79. The minimum absolute atomic E-state index is 0.307. The molecule has 0 atom stereocenters. The van der Waals surface area contributed by atoms with Crippen LogP contribution in [0.1, 0.15) is 29.0 Å². The molecule has 1 aliphatic heterocycles. The number of hydrogen-bond donors (Lipinski definition) is 2. The second kappa shape index (κ2) is 9.26. The van der Waals surface area contributed by atoms with Gasteiger partial charge >= 0.3 is 12.1 Å². The summed E-state index contributed by atoms with van der Waals surface area (Å²) < 4.78 is 4.78. The van der Waals surface area contributed by atoms with Crippen LogP contribution in [0.5, 0.6) is 0 Å². The first-order valence-electron chi connectivity index (χ1n) is 10.1. The zero-order valence-electron chi connectivity index (χ0n) is 16.6. The molecule has 1 aliphatic rings. The second-order valence-corrected chi connectivity index (χ2v) is 7.20. The fraction of sp³-hybridized carbons (Fsp3) is 0.261. The molecule has 2 aromatic carbocycles. The smallest absolute Gasteiger partial charge is 0.373 e. The van der Waals surface area contributed by atoms with Crippen molar-refractivity contribution in [3.8, 4) is 11.3 Å². The predicted molar refractivity (Wildman–Crippen MR) is 114 cm³/mol. The van der Waals surface area contributed by atoms with Crippen LogP contribution in [0.25, 0.3) is 11.3 Å². The molecular weight excluding hydrogens is 380 g/mol. The Hall–Kier alpha value is -3.61. The van der Waals surface area contributed by atoms with E-state index >= 15 is 0 Å². The molecule has 154 valence electrons. The van der Waals surface area contributed by atoms with Gasteiger partial charge in [-0.25, -0.2) is 14.6 Å². The number of hydrogen-bond acceptors (Lipinski definition) is 5. The summed E-state index contributed by atoms with van der Waals surface area (Å²) in [5.74, 6) is 0.0778. The molecule has 1 saturated heterocycles. The molecule has 0 saturated carbocycles. The van der Waals surface area contributed by atoms with Gasteiger partial charge in [-0.2, -0.15) is 0 Å². The molecule has 1 amide bonds. The van der Waals surface area contributed by atoms with Gasteiger partial charge in [0.25, 0.3) is 0 Å². The third kappa shape index (κ3) is 4.86. The van der Waals surface area contributed by atoms with Crippen LogP contribution in [0.2, 0.25) is 0 Å². The summed E-state index contributed by atoms with van der Waals surface area (Å²) in [5, 5.41) is 2.57. The van der Waals surface area contributed by atoms with Crippen molar-refractivity contribution in [2.24, 2.45) is 0 Å². The van der Waals surface area contributed by atoms with Crippen LogP contribution in [0.3, 0.4) is 0 Å². The minimum Gasteiger partial charge on any atom is -0.373 e. The first kappa shape index (κ1) is 19.7. The Morgan fingerprint density at radius 2 is 1.77 bits per heavy atom. The molecule has 7 heteroatoms. The van der Waals surface area contributed by atoms with Crippen molar-refractivity contribution in [3.63, 3.8) is 0 Å². The van der Waals surface area contributed by atoms with E-state index < -0.39 is 12.1 Å². The van der Waals surface area contributed by atoms with Gasteiger partial charge in [-0.1, -0.05) is 30.3 Å². The van der Waals surface area contributed by atoms with E-state index in [4.69, 9.17) is 4.74 Å². The van der Waals surface area contributed by atoms with Crippen LogP contribution in [-0.4, -0.2) is 41.7 Å². The van der Waals surface area contributed by atoms with Gasteiger partial charge in [-0.15, -0.1) is 0 Å². The second-order valence-electron chi connectivity index (χ2n) is 7.20. The van der Waals surface area contributed by atoms with Crippen molar-refractivity contribution in [2.45, 2.75) is 19.3 Å². The zero-order valence-corrected chi connectivity index (χ0v) is 16.6. The van der Waals surface area contributed by atoms with Gasteiger partial charge in [0.05, 0.1) is 17.5 Å². The lowest BCUT2D eigenvalue weighted by Crippen LogP contribution is -2.28. The van der Waals surface area contributed by atoms with Gasteiger partial charge in [0, 0.05) is 31.7 Å². The van der Waals surface area contributed by atoms with Crippen molar-refractivity contribution in [1.29, 1.82) is 0 Å². The van der Waals surface area contributed by atoms with Gasteiger partial charge < -0.3 is 19.9 Å². The number of H-pyrrole nitrogens is 1. The summed E-state index contributed by atoms with van der Waals surface area (Å²) in [5.41, 5.74) is 3.58. The normalized spacial score (nSPS) is 13.3. The highest BCUT2D eigenvalue weighted by molar-refractivity contribution is 5.96. The number of carbonyl (C=O) groups is 2. The summed E-state index contributed by atoms with van der Waals surface area (Å²) in [6, 6.07) is 16.9. The summed E-state index contributed by atoms with van der Waals surface area (Å²) in [6.45, 7) is 2.56. The molecule has 0 radical (unpaired) electrons. The fourth-order valence-corrected chi connectivity index (χ4v) is 3.50. The summed E-state index contributed by atoms with van der Waals surface area (Å²) in [6.07, 6.45) is 4.03. The maximum atomic E-state index is 11.9. The number of aromatic nitrogens is 2. The molecule has 1 aromatic heterocycles. The van der Waals surface area contributed by atoms with Gasteiger partial charge in [-0.3, -0.25) is 0 Å². The molecule has 4 rings (SSSR count). The Morgan fingerprint density at radius 3 is 2.50 bits per heavy atom. The van der Waals surface area contributed by atoms with E-state index in [1.54, 1.807) is 36.5 Å². The summed E-state index contributed by atoms with van der Waals surface area (Å²) >= 11 is 0. The van der Waals surface area contributed by atoms with E-state index in [-0.39, 0.29) is 0 Å². The lowest BCUT2D eigenvalue weighted by molar-refractivity contribution is 0.0623. The Balaban J connectivity index is 1.25. The van der Waals surface area contributed by atoms with E-state index in [9.17, 15) is 9.59 Å². The lowest BCUT2D eigenvalue weighted by atomic mass is 10.1. The monoisotopic (exact) mass is 404 g/mol. The first-order chi connectivity index (χ1) is 14.7. The van der Waals surface area contributed by atoms with Crippen LogP contribution in [0.15, 0.2) is 60.8 Å². The average Bonchev–Trinajstić information content (AvgIpc) is 3.47. The molecule has 2 N–H and O–H groups in total. The van der Waals surface area contributed by atoms with Gasteiger partial charge in [0.2, 0.25) is 0 Å². The molecule has 7 nitrogen and oxygen atoms in total. The van der Waals surface area contributed by atoms with Crippen LogP contribution in [0, 0.1) is 0 Å². The van der Waals surface area contributed by atoms with Crippen LogP contribution < -0.4 is 10.2 Å². The Kier molecular flexibility index (Phi) is 6.08. The molecule has 3 aromatic rings. The highest BCUT2D eigenvalue weighted by Crippen LogP contribution is 2.24. The highest BCUT2D eigenvalue weighted by atomic mass is 16.6. The average molecular weight is 404 g/mol. The van der Waals surface area contributed by atoms with Crippen molar-refractivity contribution >= 4 is 17.7 Å². The molecule has 1 fully saturated rings. The highest BCUT2D eigenvalue weighted by Gasteiger charge is 2.13. The number of nitrogens with zero attached hydrogens (tertiary/aromatic N) is 2. The maximum absolute atomic E-state index is 11.9. The zero-order chi connectivity index (χ0) is 20.8. The number of nitrogens with one attached hydrogen (secondary N) is 2. The fourth-order valence-electron chi connectivity index (χ4n) is 3.50. The van der Waals surface area contributed by atoms with Crippen LogP contribution in [0.4, 0.5) is 10.5 Å². The van der Waals surface area contributed by atoms with Crippen LogP contribution in [-0.2, 0) is 11.2 Å². The number of esters is 1.